The Balaban J connectivity index is 1.45. The van der Waals surface area contributed by atoms with E-state index in [1.807, 2.05) is 25.2 Å². The van der Waals surface area contributed by atoms with Crippen LogP contribution in [0.2, 0.25) is 0 Å². The monoisotopic (exact) mass is 405 g/mol. The van der Waals surface area contributed by atoms with E-state index in [-0.39, 0.29) is 11.8 Å². The van der Waals surface area contributed by atoms with E-state index in [2.05, 4.69) is 29.4 Å². The second-order valence-electron chi connectivity index (χ2n) is 7.35. The number of hydrogen-bond donors (Lipinski definition) is 1. The van der Waals surface area contributed by atoms with E-state index in [1.54, 1.807) is 34.6 Å². The molecule has 0 atom stereocenters. The van der Waals surface area contributed by atoms with Gasteiger partial charge < -0.3 is 10.2 Å². The molecule has 1 aliphatic heterocycles. The standard InChI is InChI=1S/C23H23N3O2S/c1-15-18-7-3-4-8-19(18)29-20(15)14-26(2)22(28)11-10-16-12-17-6-5-9-21(27)25-23(17)24-13-16/h3-4,7-8,10-13H,5-6,9,14H2,1-2H3,(H,24,25,27)/b11-10+. The lowest BCUT2D eigenvalue weighted by Gasteiger charge is -2.14. The average Bonchev–Trinajstić information content (AvgIpc) is 2.90. The zero-order chi connectivity index (χ0) is 20.4. The van der Waals surface area contributed by atoms with Gasteiger partial charge in [-0.2, -0.15) is 0 Å². The first-order chi connectivity index (χ1) is 14.0. The molecule has 1 aliphatic rings. The van der Waals surface area contributed by atoms with Gasteiger partial charge in [0.1, 0.15) is 5.82 Å². The first-order valence-corrected chi connectivity index (χ1v) is 10.5. The summed E-state index contributed by atoms with van der Waals surface area (Å²) in [5.74, 6) is 0.589. The second-order valence-corrected chi connectivity index (χ2v) is 8.49. The molecule has 3 heterocycles. The Morgan fingerprint density at radius 3 is 2.97 bits per heavy atom. The number of nitrogens with one attached hydrogen (secondary N) is 1. The van der Waals surface area contributed by atoms with Gasteiger partial charge in [-0.25, -0.2) is 4.98 Å². The molecule has 4 rings (SSSR count). The van der Waals surface area contributed by atoms with E-state index in [0.717, 1.165) is 24.0 Å². The third-order valence-corrected chi connectivity index (χ3v) is 6.47. The zero-order valence-electron chi connectivity index (χ0n) is 16.6. The molecule has 0 saturated heterocycles. The summed E-state index contributed by atoms with van der Waals surface area (Å²) in [6, 6.07) is 10.3. The maximum Gasteiger partial charge on any atom is 0.246 e. The first kappa shape index (κ1) is 19.3. The SMILES string of the molecule is Cc1c(CN(C)C(=O)/C=C/c2cnc3c(c2)CCCC(=O)N3)sc2ccccc12. The number of hydrogen-bond acceptors (Lipinski definition) is 4. The van der Waals surface area contributed by atoms with Crippen LogP contribution in [-0.2, 0) is 22.6 Å². The molecule has 6 heteroatoms. The van der Waals surface area contributed by atoms with Crippen LogP contribution in [0, 0.1) is 6.92 Å². The van der Waals surface area contributed by atoms with Gasteiger partial charge in [-0.05, 0) is 60.1 Å². The van der Waals surface area contributed by atoms with Crippen LogP contribution in [0.4, 0.5) is 5.82 Å². The molecule has 1 aromatic carbocycles. The predicted octanol–water partition coefficient (Wildman–Crippen LogP) is 4.55. The van der Waals surface area contributed by atoms with Gasteiger partial charge in [-0.15, -0.1) is 11.3 Å². The van der Waals surface area contributed by atoms with Gasteiger partial charge in [-0.3, -0.25) is 9.59 Å². The molecular weight excluding hydrogens is 382 g/mol. The lowest BCUT2D eigenvalue weighted by atomic mass is 10.1. The Hall–Kier alpha value is -2.99. The van der Waals surface area contributed by atoms with E-state index in [9.17, 15) is 9.59 Å². The normalized spacial score (nSPS) is 13.9. The number of likely N-dealkylation sites (N-methyl/N-ethyl adjacent to an activating group) is 1. The lowest BCUT2D eigenvalue weighted by Crippen LogP contribution is -2.23. The Morgan fingerprint density at radius 2 is 2.14 bits per heavy atom. The van der Waals surface area contributed by atoms with E-state index >= 15 is 0 Å². The molecule has 3 aromatic rings. The van der Waals surface area contributed by atoms with Crippen molar-refractivity contribution >= 4 is 45.1 Å². The number of amides is 2. The number of aryl methyl sites for hydroxylation is 2. The van der Waals surface area contributed by atoms with Gasteiger partial charge in [0.05, 0.1) is 6.54 Å². The number of fused-ring (bicyclic) bond motifs is 2. The molecule has 5 nitrogen and oxygen atoms in total. The number of thiophene rings is 1. The first-order valence-electron chi connectivity index (χ1n) is 9.70. The molecule has 29 heavy (non-hydrogen) atoms. The van der Waals surface area contributed by atoms with Gasteiger partial charge in [0.25, 0.3) is 0 Å². The topological polar surface area (TPSA) is 62.3 Å². The minimum atomic E-state index is -0.0508. The van der Waals surface area contributed by atoms with Crippen molar-refractivity contribution in [2.45, 2.75) is 32.7 Å². The maximum absolute atomic E-state index is 12.6. The van der Waals surface area contributed by atoms with Crippen LogP contribution in [0.1, 0.15) is 34.4 Å². The number of pyridine rings is 1. The van der Waals surface area contributed by atoms with E-state index in [0.29, 0.717) is 18.8 Å². The van der Waals surface area contributed by atoms with Gasteiger partial charge in [-0.1, -0.05) is 18.2 Å². The molecular formula is C23H23N3O2S. The Kier molecular flexibility index (Phi) is 5.45. The summed E-state index contributed by atoms with van der Waals surface area (Å²) in [5, 5.41) is 4.08. The fourth-order valence-electron chi connectivity index (χ4n) is 3.52. The number of aromatic nitrogens is 1. The Morgan fingerprint density at radius 1 is 1.31 bits per heavy atom. The summed E-state index contributed by atoms with van der Waals surface area (Å²) < 4.78 is 1.25. The van der Waals surface area contributed by atoms with E-state index in [4.69, 9.17) is 0 Å². The Labute approximate surface area is 174 Å². The van der Waals surface area contributed by atoms with Crippen molar-refractivity contribution in [1.29, 1.82) is 0 Å². The van der Waals surface area contributed by atoms with Crippen LogP contribution in [-0.4, -0.2) is 28.7 Å². The Bertz CT molecular complexity index is 1120. The van der Waals surface area contributed by atoms with Gasteiger partial charge in [0.2, 0.25) is 11.8 Å². The number of nitrogens with zero attached hydrogens (tertiary/aromatic N) is 2. The molecule has 148 valence electrons. The number of anilines is 1. The summed E-state index contributed by atoms with van der Waals surface area (Å²) in [6.45, 7) is 2.70. The smallest absolute Gasteiger partial charge is 0.246 e. The second kappa shape index (κ2) is 8.17. The van der Waals surface area contributed by atoms with Crippen LogP contribution in [0.15, 0.2) is 42.6 Å². The van der Waals surface area contributed by atoms with Crippen molar-refractivity contribution in [3.05, 3.63) is 64.2 Å². The minimum absolute atomic E-state index is 0.00729. The van der Waals surface area contributed by atoms with Crippen LogP contribution in [0.5, 0.6) is 0 Å². The number of benzene rings is 1. The summed E-state index contributed by atoms with van der Waals surface area (Å²) in [5.41, 5.74) is 3.12. The highest BCUT2D eigenvalue weighted by atomic mass is 32.1. The summed E-state index contributed by atoms with van der Waals surface area (Å²) >= 11 is 1.74. The summed E-state index contributed by atoms with van der Waals surface area (Å²) in [6.07, 6.45) is 7.19. The molecule has 2 amide bonds. The molecule has 0 aliphatic carbocycles. The van der Waals surface area contributed by atoms with E-state index < -0.39 is 0 Å². The van der Waals surface area contributed by atoms with Crippen molar-refractivity contribution < 1.29 is 9.59 Å². The summed E-state index contributed by atoms with van der Waals surface area (Å²) in [4.78, 5) is 31.5. The van der Waals surface area contributed by atoms with Crippen LogP contribution in [0.3, 0.4) is 0 Å². The van der Waals surface area contributed by atoms with Gasteiger partial charge in [0, 0.05) is 35.3 Å². The largest absolute Gasteiger partial charge is 0.337 e. The zero-order valence-corrected chi connectivity index (χ0v) is 17.4. The fourth-order valence-corrected chi connectivity index (χ4v) is 4.79. The molecule has 0 fully saturated rings. The van der Waals surface area contributed by atoms with Crippen LogP contribution >= 0.6 is 11.3 Å². The quantitative estimate of drug-likeness (QED) is 0.648. The average molecular weight is 406 g/mol. The fraction of sp³-hybridized carbons (Fsp3) is 0.261. The molecule has 1 N–H and O–H groups in total. The molecule has 0 saturated carbocycles. The van der Waals surface area contributed by atoms with Crippen molar-refractivity contribution in [3.63, 3.8) is 0 Å². The highest BCUT2D eigenvalue weighted by Gasteiger charge is 2.15. The number of carbonyl (C=O) groups excluding carboxylic acids is 2. The lowest BCUT2D eigenvalue weighted by molar-refractivity contribution is -0.125. The number of carbonyl (C=O) groups is 2. The highest BCUT2D eigenvalue weighted by Crippen LogP contribution is 2.31. The van der Waals surface area contributed by atoms with Crippen LogP contribution < -0.4 is 5.32 Å². The van der Waals surface area contributed by atoms with Gasteiger partial charge >= 0.3 is 0 Å². The third-order valence-electron chi connectivity index (χ3n) is 5.21. The minimum Gasteiger partial charge on any atom is -0.337 e. The van der Waals surface area contributed by atoms with Crippen molar-refractivity contribution in [3.8, 4) is 0 Å². The van der Waals surface area contributed by atoms with Crippen molar-refractivity contribution in [2.75, 3.05) is 12.4 Å². The number of rotatable bonds is 4. The van der Waals surface area contributed by atoms with Gasteiger partial charge in [0.15, 0.2) is 0 Å². The molecule has 2 aromatic heterocycles. The molecule has 0 spiro atoms. The van der Waals surface area contributed by atoms with Crippen LogP contribution in [0.25, 0.3) is 16.2 Å². The van der Waals surface area contributed by atoms with Crippen molar-refractivity contribution in [1.82, 2.24) is 9.88 Å². The van der Waals surface area contributed by atoms with E-state index in [1.165, 1.54) is 20.5 Å². The molecule has 0 unspecified atom stereocenters. The van der Waals surface area contributed by atoms with Crippen molar-refractivity contribution in [2.24, 2.45) is 0 Å². The highest BCUT2D eigenvalue weighted by molar-refractivity contribution is 7.19. The molecule has 0 bridgehead atoms. The third kappa shape index (κ3) is 4.22. The maximum atomic E-state index is 12.6. The summed E-state index contributed by atoms with van der Waals surface area (Å²) in [7, 11) is 1.82. The predicted molar refractivity (Wildman–Crippen MR) is 118 cm³/mol. The molecule has 0 radical (unpaired) electrons.